The van der Waals surface area contributed by atoms with Gasteiger partial charge in [0.2, 0.25) is 0 Å². The molecule has 0 aliphatic rings. The Balaban J connectivity index is 2.30. The van der Waals surface area contributed by atoms with Crippen molar-refractivity contribution in [3.05, 3.63) is 51.8 Å². The number of aromatic amines is 1. The fourth-order valence-electron chi connectivity index (χ4n) is 1.71. The smallest absolute Gasteiger partial charge is 0.333 e. The Labute approximate surface area is 130 Å². The number of hydrogen-bond donors (Lipinski definition) is 2. The van der Waals surface area contributed by atoms with Crippen LogP contribution in [-0.2, 0) is 9.53 Å². The van der Waals surface area contributed by atoms with E-state index in [0.29, 0.717) is 10.6 Å². The van der Waals surface area contributed by atoms with Gasteiger partial charge in [0.25, 0.3) is 5.91 Å². The minimum absolute atomic E-state index is 0.217. The first-order valence-corrected chi connectivity index (χ1v) is 6.61. The van der Waals surface area contributed by atoms with Crippen LogP contribution >= 0.6 is 23.2 Å². The van der Waals surface area contributed by atoms with Gasteiger partial charge < -0.3 is 10.1 Å². The Morgan fingerprint density at radius 1 is 1.33 bits per heavy atom. The molecule has 0 radical (unpaired) electrons. The first-order valence-electron chi connectivity index (χ1n) is 5.86. The van der Waals surface area contributed by atoms with Crippen molar-refractivity contribution in [2.24, 2.45) is 0 Å². The van der Waals surface area contributed by atoms with E-state index in [2.05, 4.69) is 15.5 Å². The minimum Gasteiger partial charge on any atom is -0.467 e. The van der Waals surface area contributed by atoms with Gasteiger partial charge >= 0.3 is 5.97 Å². The molecule has 6 nitrogen and oxygen atoms in total. The summed E-state index contributed by atoms with van der Waals surface area (Å²) in [6.45, 7) is 0. The molecule has 0 aliphatic heterocycles. The molecular weight excluding hydrogens is 317 g/mol. The molecule has 2 aromatic rings. The number of carbonyl (C=O) groups is 2. The molecule has 110 valence electrons. The van der Waals surface area contributed by atoms with Crippen LogP contribution in [0.4, 0.5) is 0 Å². The summed E-state index contributed by atoms with van der Waals surface area (Å²) < 4.78 is 4.70. The molecule has 0 saturated carbocycles. The van der Waals surface area contributed by atoms with Crippen molar-refractivity contribution in [1.29, 1.82) is 0 Å². The van der Waals surface area contributed by atoms with E-state index in [1.54, 1.807) is 12.1 Å². The van der Waals surface area contributed by atoms with Gasteiger partial charge in [-0.3, -0.25) is 9.89 Å². The lowest BCUT2D eigenvalue weighted by Crippen LogP contribution is -2.35. The highest BCUT2D eigenvalue weighted by atomic mass is 35.5. The van der Waals surface area contributed by atoms with Crippen LogP contribution < -0.4 is 5.32 Å². The lowest BCUT2D eigenvalue weighted by Gasteiger charge is -2.17. The second-order valence-corrected chi connectivity index (χ2v) is 4.91. The van der Waals surface area contributed by atoms with Crippen molar-refractivity contribution in [3.63, 3.8) is 0 Å². The Morgan fingerprint density at radius 2 is 2.10 bits per heavy atom. The monoisotopic (exact) mass is 327 g/mol. The maximum absolute atomic E-state index is 12.0. The van der Waals surface area contributed by atoms with Crippen LogP contribution in [0.3, 0.4) is 0 Å². The van der Waals surface area contributed by atoms with Crippen molar-refractivity contribution < 1.29 is 14.3 Å². The van der Waals surface area contributed by atoms with Gasteiger partial charge in [0.05, 0.1) is 7.11 Å². The topological polar surface area (TPSA) is 84.1 Å². The molecular formula is C13H11Cl2N3O3. The molecule has 1 amide bonds. The summed E-state index contributed by atoms with van der Waals surface area (Å²) in [7, 11) is 1.22. The maximum Gasteiger partial charge on any atom is 0.333 e. The third kappa shape index (κ3) is 3.53. The van der Waals surface area contributed by atoms with Crippen molar-refractivity contribution >= 4 is 35.1 Å². The number of nitrogens with one attached hydrogen (secondary N) is 2. The molecule has 0 unspecified atom stereocenters. The summed E-state index contributed by atoms with van der Waals surface area (Å²) in [5, 5.41) is 9.39. The number of methoxy groups -OCH3 is 1. The highest BCUT2D eigenvalue weighted by Crippen LogP contribution is 2.27. The maximum atomic E-state index is 12.0. The number of rotatable bonds is 4. The number of benzene rings is 1. The third-order valence-corrected chi connectivity index (χ3v) is 3.29. The van der Waals surface area contributed by atoms with Gasteiger partial charge in [0.1, 0.15) is 5.69 Å². The van der Waals surface area contributed by atoms with Crippen molar-refractivity contribution in [2.45, 2.75) is 6.04 Å². The Morgan fingerprint density at radius 3 is 2.67 bits per heavy atom. The first-order chi connectivity index (χ1) is 10.0. The van der Waals surface area contributed by atoms with E-state index in [9.17, 15) is 9.59 Å². The van der Waals surface area contributed by atoms with Crippen LogP contribution in [0, 0.1) is 0 Å². The number of hydrogen-bond acceptors (Lipinski definition) is 4. The number of ether oxygens (including phenoxy) is 1. The molecule has 0 aliphatic carbocycles. The van der Waals surface area contributed by atoms with E-state index in [1.807, 2.05) is 0 Å². The number of amides is 1. The van der Waals surface area contributed by atoms with Crippen LogP contribution in [0.1, 0.15) is 22.1 Å². The average Bonchev–Trinajstić information content (AvgIpc) is 2.98. The normalized spacial score (nSPS) is 11.8. The summed E-state index contributed by atoms with van der Waals surface area (Å²) in [6, 6.07) is 5.04. The second kappa shape index (κ2) is 6.60. The van der Waals surface area contributed by atoms with E-state index in [-0.39, 0.29) is 10.7 Å². The Kier molecular flexibility index (Phi) is 4.82. The quantitative estimate of drug-likeness (QED) is 0.844. The SMILES string of the molecule is COC(=O)[C@H](NC(=O)c1ccn[nH]1)c1ccc(Cl)cc1Cl. The molecule has 0 fully saturated rings. The van der Waals surface area contributed by atoms with Crippen molar-refractivity contribution in [2.75, 3.05) is 7.11 Å². The second-order valence-electron chi connectivity index (χ2n) is 4.07. The standard InChI is InChI=1S/C13H11Cl2N3O3/c1-21-13(20)11(8-3-2-7(14)6-9(8)15)17-12(19)10-4-5-16-18-10/h2-6,11H,1H3,(H,16,18)(H,17,19)/t11-/m1/s1. The first kappa shape index (κ1) is 15.3. The fourth-order valence-corrected chi connectivity index (χ4v) is 2.23. The van der Waals surface area contributed by atoms with Crippen LogP contribution in [0.2, 0.25) is 10.0 Å². The van der Waals surface area contributed by atoms with Gasteiger partial charge in [-0.1, -0.05) is 29.3 Å². The number of esters is 1. The van der Waals surface area contributed by atoms with Gasteiger partial charge in [0, 0.05) is 21.8 Å². The summed E-state index contributed by atoms with van der Waals surface area (Å²) in [6.07, 6.45) is 1.43. The molecule has 1 heterocycles. The third-order valence-electron chi connectivity index (χ3n) is 2.73. The van der Waals surface area contributed by atoms with Gasteiger partial charge in [-0.25, -0.2) is 4.79 Å². The van der Waals surface area contributed by atoms with Crippen LogP contribution in [0.25, 0.3) is 0 Å². The van der Waals surface area contributed by atoms with Crippen LogP contribution in [-0.4, -0.2) is 29.2 Å². The number of aromatic nitrogens is 2. The van der Waals surface area contributed by atoms with Gasteiger partial charge in [-0.05, 0) is 18.2 Å². The molecule has 0 bridgehead atoms. The molecule has 21 heavy (non-hydrogen) atoms. The van der Waals surface area contributed by atoms with Crippen molar-refractivity contribution in [3.8, 4) is 0 Å². The zero-order valence-electron chi connectivity index (χ0n) is 10.9. The Bertz CT molecular complexity index is 659. The fraction of sp³-hybridized carbons (Fsp3) is 0.154. The predicted molar refractivity (Wildman–Crippen MR) is 77.3 cm³/mol. The summed E-state index contributed by atoms with van der Waals surface area (Å²) in [5.74, 6) is -1.15. The molecule has 0 spiro atoms. The minimum atomic E-state index is -1.05. The lowest BCUT2D eigenvalue weighted by molar-refractivity contribution is -0.143. The van der Waals surface area contributed by atoms with Gasteiger partial charge in [-0.15, -0.1) is 0 Å². The summed E-state index contributed by atoms with van der Waals surface area (Å²) in [4.78, 5) is 23.9. The van der Waals surface area contributed by atoms with Crippen LogP contribution in [0.15, 0.2) is 30.5 Å². The summed E-state index contributed by atoms with van der Waals surface area (Å²) in [5.41, 5.74) is 0.606. The van der Waals surface area contributed by atoms with E-state index in [4.69, 9.17) is 27.9 Å². The van der Waals surface area contributed by atoms with Crippen LogP contribution in [0.5, 0.6) is 0 Å². The highest BCUT2D eigenvalue weighted by Gasteiger charge is 2.26. The van der Waals surface area contributed by atoms with E-state index in [0.717, 1.165) is 0 Å². The number of nitrogens with zero attached hydrogens (tertiary/aromatic N) is 1. The molecule has 1 aromatic heterocycles. The molecule has 2 N–H and O–H groups in total. The van der Waals surface area contributed by atoms with E-state index in [1.165, 1.54) is 25.4 Å². The van der Waals surface area contributed by atoms with Gasteiger partial charge in [-0.2, -0.15) is 5.10 Å². The predicted octanol–water partition coefficient (Wildman–Crippen LogP) is 2.36. The number of H-pyrrole nitrogens is 1. The molecule has 2 rings (SSSR count). The highest BCUT2D eigenvalue weighted by molar-refractivity contribution is 6.35. The molecule has 8 heteroatoms. The largest absolute Gasteiger partial charge is 0.467 e. The average molecular weight is 328 g/mol. The zero-order valence-corrected chi connectivity index (χ0v) is 12.4. The molecule has 1 atom stereocenters. The lowest BCUT2D eigenvalue weighted by atomic mass is 10.1. The zero-order chi connectivity index (χ0) is 15.4. The number of carbonyl (C=O) groups excluding carboxylic acids is 2. The summed E-state index contributed by atoms with van der Waals surface area (Å²) >= 11 is 11.9. The molecule has 1 aromatic carbocycles. The van der Waals surface area contributed by atoms with E-state index >= 15 is 0 Å². The molecule has 0 saturated heterocycles. The Hall–Kier alpha value is -2.05. The number of halogens is 2. The van der Waals surface area contributed by atoms with E-state index < -0.39 is 17.9 Å². The van der Waals surface area contributed by atoms with Crippen molar-refractivity contribution in [1.82, 2.24) is 15.5 Å². The van der Waals surface area contributed by atoms with Gasteiger partial charge in [0.15, 0.2) is 6.04 Å².